The van der Waals surface area contributed by atoms with Crippen LogP contribution in [0, 0.1) is 5.82 Å². The van der Waals surface area contributed by atoms with Crippen LogP contribution in [-0.4, -0.2) is 42.2 Å². The minimum absolute atomic E-state index is 0.118. The summed E-state index contributed by atoms with van der Waals surface area (Å²) in [5.74, 6) is -2.29. The summed E-state index contributed by atoms with van der Waals surface area (Å²) in [4.78, 5) is 23.5. The normalized spacial score (nSPS) is 17.2. The Morgan fingerprint density at radius 1 is 1.20 bits per heavy atom. The second kappa shape index (κ2) is 6.85. The monoisotopic (exact) mass is 365 g/mol. The van der Waals surface area contributed by atoms with Crippen LogP contribution >= 0.6 is 0 Å². The van der Waals surface area contributed by atoms with Crippen LogP contribution in [0.5, 0.6) is 0 Å². The maximum atomic E-state index is 14.5. The Bertz CT molecular complexity index is 670. The first-order chi connectivity index (χ1) is 11.5. The molecule has 1 aromatic rings. The van der Waals surface area contributed by atoms with Crippen LogP contribution in [0.15, 0.2) is 18.2 Å². The molecule has 0 atom stereocenters. The minimum atomic E-state index is -4.82. The molecular weight excluding hydrogens is 351 g/mol. The Labute approximate surface area is 139 Å². The lowest BCUT2D eigenvalue weighted by atomic mass is 9.93. The van der Waals surface area contributed by atoms with Gasteiger partial charge in [-0.05, 0) is 18.2 Å². The van der Waals surface area contributed by atoms with Crippen LogP contribution in [0.3, 0.4) is 0 Å². The first kappa shape index (κ1) is 18.9. The zero-order valence-corrected chi connectivity index (χ0v) is 12.8. The number of carbonyl (C=O) groups excluding carboxylic acids is 2. The summed E-state index contributed by atoms with van der Waals surface area (Å²) in [6.07, 6.45) is -6.64. The Balaban J connectivity index is 2.01. The first-order valence-corrected chi connectivity index (χ1v) is 7.31. The highest BCUT2D eigenvalue weighted by Gasteiger charge is 2.35. The highest BCUT2D eigenvalue weighted by molar-refractivity contribution is 5.94. The maximum absolute atomic E-state index is 14.5. The van der Waals surface area contributed by atoms with Gasteiger partial charge < -0.3 is 20.1 Å². The Kier molecular flexibility index (Phi) is 5.19. The highest BCUT2D eigenvalue weighted by atomic mass is 19.4. The molecule has 10 heteroatoms. The van der Waals surface area contributed by atoms with Crippen LogP contribution < -0.4 is 10.4 Å². The molecule has 2 amide bonds. The van der Waals surface area contributed by atoms with E-state index in [0.29, 0.717) is 12.1 Å². The first-order valence-electron chi connectivity index (χ1n) is 7.31. The summed E-state index contributed by atoms with van der Waals surface area (Å²) in [6, 6.07) is 1.35. The molecule has 1 N–H and O–H groups in total. The number of piperidine rings is 1. The summed E-state index contributed by atoms with van der Waals surface area (Å²) in [7, 11) is 0. The van der Waals surface area contributed by atoms with Crippen LogP contribution in [0.2, 0.25) is 0 Å². The molecule has 25 heavy (non-hydrogen) atoms. The van der Waals surface area contributed by atoms with Crippen molar-refractivity contribution in [3.63, 3.8) is 0 Å². The van der Waals surface area contributed by atoms with Crippen molar-refractivity contribution >= 4 is 12.0 Å². The molecule has 1 aliphatic heterocycles. The molecule has 1 aliphatic rings. The number of halogens is 5. The van der Waals surface area contributed by atoms with Crippen molar-refractivity contribution < 1.29 is 36.6 Å². The van der Waals surface area contributed by atoms with E-state index in [1.807, 2.05) is 0 Å². The van der Waals surface area contributed by atoms with Crippen LogP contribution in [0.4, 0.5) is 26.7 Å². The summed E-state index contributed by atoms with van der Waals surface area (Å²) < 4.78 is 65.7. The van der Waals surface area contributed by atoms with E-state index in [1.165, 1.54) is 0 Å². The number of hydrogen-bond acceptors (Lipinski definition) is 3. The molecule has 0 aromatic heterocycles. The molecule has 1 aromatic carbocycles. The van der Waals surface area contributed by atoms with E-state index >= 15 is 0 Å². The van der Waals surface area contributed by atoms with E-state index in [4.69, 9.17) is 0 Å². The van der Waals surface area contributed by atoms with Gasteiger partial charge in [-0.3, -0.25) is 4.79 Å². The third kappa shape index (κ3) is 4.80. The SMILES string of the molecule is O=C(NCC1(F)CCN(C(=O)[O-])CC1)c1cc(F)cc(C(F)(F)F)c1. The van der Waals surface area contributed by atoms with Gasteiger partial charge >= 0.3 is 6.18 Å². The smallest absolute Gasteiger partial charge is 0.416 e. The quantitative estimate of drug-likeness (QED) is 0.829. The molecule has 0 aliphatic carbocycles. The Morgan fingerprint density at radius 2 is 1.80 bits per heavy atom. The number of alkyl halides is 4. The van der Waals surface area contributed by atoms with Gasteiger partial charge in [-0.2, -0.15) is 13.2 Å². The van der Waals surface area contributed by atoms with E-state index in [-0.39, 0.29) is 32.0 Å². The molecule has 1 fully saturated rings. The van der Waals surface area contributed by atoms with Crippen LogP contribution in [0.1, 0.15) is 28.8 Å². The van der Waals surface area contributed by atoms with E-state index in [9.17, 15) is 36.6 Å². The van der Waals surface area contributed by atoms with Crippen molar-refractivity contribution in [2.24, 2.45) is 0 Å². The third-order valence-corrected chi connectivity index (χ3v) is 3.97. The standard InChI is InChI=1S/C15H15F5N2O3/c16-11-6-9(5-10(7-11)15(18,19)20)12(23)21-8-14(17)1-3-22(4-2-14)13(24)25/h5-7H,1-4,8H2,(H,21,23)(H,24,25)/p-1. The number of hydrogen-bond donors (Lipinski definition) is 1. The number of carbonyl (C=O) groups is 2. The predicted molar refractivity (Wildman–Crippen MR) is 73.8 cm³/mol. The molecule has 0 bridgehead atoms. The third-order valence-electron chi connectivity index (χ3n) is 3.97. The van der Waals surface area contributed by atoms with Gasteiger partial charge in [0.25, 0.3) is 5.91 Å². The van der Waals surface area contributed by atoms with Crippen molar-refractivity contribution in [1.29, 1.82) is 0 Å². The zero-order chi connectivity index (χ0) is 18.8. The Hall–Kier alpha value is -2.39. The molecule has 2 rings (SSSR count). The number of carboxylic acid groups (broad SMARTS) is 1. The fourth-order valence-corrected chi connectivity index (χ4v) is 2.49. The highest BCUT2D eigenvalue weighted by Crippen LogP contribution is 2.30. The molecule has 138 valence electrons. The van der Waals surface area contributed by atoms with Gasteiger partial charge in [0.2, 0.25) is 0 Å². The van der Waals surface area contributed by atoms with E-state index in [0.717, 1.165) is 4.90 Å². The lowest BCUT2D eigenvalue weighted by Crippen LogP contribution is -2.52. The summed E-state index contributed by atoms with van der Waals surface area (Å²) in [5, 5.41) is 12.8. The van der Waals surface area contributed by atoms with Crippen LogP contribution in [0.25, 0.3) is 0 Å². The average molecular weight is 365 g/mol. The van der Waals surface area contributed by atoms with Crippen molar-refractivity contribution in [2.45, 2.75) is 24.7 Å². The van der Waals surface area contributed by atoms with Gasteiger partial charge in [-0.1, -0.05) is 0 Å². The summed E-state index contributed by atoms with van der Waals surface area (Å²) in [6.45, 7) is -0.760. The van der Waals surface area contributed by atoms with Gasteiger partial charge in [-0.15, -0.1) is 0 Å². The summed E-state index contributed by atoms with van der Waals surface area (Å²) >= 11 is 0. The lowest BCUT2D eigenvalue weighted by molar-refractivity contribution is -0.267. The second-order valence-electron chi connectivity index (χ2n) is 5.81. The fourth-order valence-electron chi connectivity index (χ4n) is 2.49. The summed E-state index contributed by atoms with van der Waals surface area (Å²) in [5.41, 5.74) is -3.81. The molecule has 0 radical (unpaired) electrons. The van der Waals surface area contributed by atoms with Gasteiger partial charge in [0.1, 0.15) is 17.6 Å². The van der Waals surface area contributed by atoms with Crippen molar-refractivity contribution in [1.82, 2.24) is 10.2 Å². The van der Waals surface area contributed by atoms with E-state index in [1.54, 1.807) is 0 Å². The molecule has 5 nitrogen and oxygen atoms in total. The van der Waals surface area contributed by atoms with Gasteiger partial charge in [0, 0.05) is 31.5 Å². The van der Waals surface area contributed by atoms with Gasteiger partial charge in [0.15, 0.2) is 0 Å². The number of nitrogens with one attached hydrogen (secondary N) is 1. The molecule has 1 heterocycles. The fraction of sp³-hybridized carbons (Fsp3) is 0.467. The largest absolute Gasteiger partial charge is 0.530 e. The molecule has 1 saturated heterocycles. The average Bonchev–Trinajstić information content (AvgIpc) is 2.51. The number of likely N-dealkylation sites (tertiary alicyclic amines) is 1. The predicted octanol–water partition coefficient (Wildman–Crippen LogP) is 1.72. The lowest BCUT2D eigenvalue weighted by Gasteiger charge is -2.37. The van der Waals surface area contributed by atoms with Crippen LogP contribution in [-0.2, 0) is 6.18 Å². The number of amides is 2. The van der Waals surface area contributed by atoms with Crippen molar-refractivity contribution in [3.05, 3.63) is 35.1 Å². The Morgan fingerprint density at radius 3 is 2.32 bits per heavy atom. The van der Waals surface area contributed by atoms with E-state index < -0.39 is 47.3 Å². The number of rotatable bonds is 3. The topological polar surface area (TPSA) is 72.5 Å². The van der Waals surface area contributed by atoms with Gasteiger partial charge in [-0.25, -0.2) is 8.78 Å². The molecule has 0 saturated carbocycles. The van der Waals surface area contributed by atoms with Crippen molar-refractivity contribution in [3.8, 4) is 0 Å². The molecular formula is C15H14F5N2O3-. The zero-order valence-electron chi connectivity index (χ0n) is 12.8. The second-order valence-corrected chi connectivity index (χ2v) is 5.81. The molecule has 0 spiro atoms. The number of nitrogens with zero attached hydrogens (tertiary/aromatic N) is 1. The van der Waals surface area contributed by atoms with Gasteiger partial charge in [0.05, 0.1) is 12.1 Å². The van der Waals surface area contributed by atoms with Crippen molar-refractivity contribution in [2.75, 3.05) is 19.6 Å². The van der Waals surface area contributed by atoms with E-state index in [2.05, 4.69) is 5.32 Å². The maximum Gasteiger partial charge on any atom is 0.416 e. The minimum Gasteiger partial charge on any atom is -0.530 e. The molecule has 0 unspecified atom stereocenters. The number of benzene rings is 1.